The molecular formula is C28H26N4O4. The number of hydrogen-bond donors (Lipinski definition) is 2. The van der Waals surface area contributed by atoms with Crippen LogP contribution < -0.4 is 10.6 Å². The van der Waals surface area contributed by atoms with Gasteiger partial charge in [0, 0.05) is 35.6 Å². The Morgan fingerprint density at radius 1 is 0.972 bits per heavy atom. The molecule has 2 heterocycles. The number of ketones is 1. The maximum Gasteiger partial charge on any atom is 0.252 e. The van der Waals surface area contributed by atoms with Crippen LogP contribution in [0.25, 0.3) is 11.5 Å². The number of anilines is 1. The first-order valence-corrected chi connectivity index (χ1v) is 11.5. The van der Waals surface area contributed by atoms with Crippen LogP contribution >= 0.6 is 0 Å². The van der Waals surface area contributed by atoms with Gasteiger partial charge in [-0.1, -0.05) is 30.3 Å². The Labute approximate surface area is 208 Å². The van der Waals surface area contributed by atoms with Crippen LogP contribution in [0.5, 0.6) is 0 Å². The van der Waals surface area contributed by atoms with Crippen LogP contribution in [0, 0.1) is 6.92 Å². The Hall–Kier alpha value is -4.59. The van der Waals surface area contributed by atoms with Gasteiger partial charge in [0.15, 0.2) is 5.78 Å². The summed E-state index contributed by atoms with van der Waals surface area (Å²) in [6.45, 7) is 3.34. The van der Waals surface area contributed by atoms with Gasteiger partial charge >= 0.3 is 0 Å². The van der Waals surface area contributed by atoms with Crippen LogP contribution in [0.1, 0.15) is 51.1 Å². The second-order valence-corrected chi connectivity index (χ2v) is 8.30. The SMILES string of the molecule is CC(=O)c1ccccc1C(=O)NCc1nc(-c2cccc(NC(=O)CCc3cccnc3)c2)oc1C. The van der Waals surface area contributed by atoms with Gasteiger partial charge in [0.25, 0.3) is 5.91 Å². The summed E-state index contributed by atoms with van der Waals surface area (Å²) >= 11 is 0. The zero-order valence-electron chi connectivity index (χ0n) is 20.1. The third-order valence-corrected chi connectivity index (χ3v) is 5.62. The Morgan fingerprint density at radius 2 is 1.78 bits per heavy atom. The van der Waals surface area contributed by atoms with Gasteiger partial charge in [-0.2, -0.15) is 0 Å². The highest BCUT2D eigenvalue weighted by molar-refractivity contribution is 6.07. The molecule has 8 nitrogen and oxygen atoms in total. The standard InChI is InChI=1S/C28H26N4O4/c1-18(33)23-10-3-4-11-24(23)27(35)30-17-25-19(2)36-28(32-25)21-8-5-9-22(15-21)31-26(34)13-12-20-7-6-14-29-16-20/h3-11,14-16H,12-13,17H2,1-2H3,(H,30,35)(H,31,34). The van der Waals surface area contributed by atoms with Gasteiger partial charge in [0.2, 0.25) is 11.8 Å². The number of aryl methyl sites for hydroxylation is 2. The van der Waals surface area contributed by atoms with E-state index in [-0.39, 0.29) is 24.1 Å². The van der Waals surface area contributed by atoms with E-state index in [1.54, 1.807) is 55.7 Å². The first kappa shape index (κ1) is 24.5. The van der Waals surface area contributed by atoms with Crippen molar-refractivity contribution in [3.63, 3.8) is 0 Å². The van der Waals surface area contributed by atoms with Crippen molar-refractivity contribution in [1.29, 1.82) is 0 Å². The van der Waals surface area contributed by atoms with E-state index in [4.69, 9.17) is 4.42 Å². The quantitative estimate of drug-likeness (QED) is 0.333. The van der Waals surface area contributed by atoms with Crippen LogP contribution in [0.15, 0.2) is 77.5 Å². The molecule has 2 amide bonds. The van der Waals surface area contributed by atoms with E-state index >= 15 is 0 Å². The lowest BCUT2D eigenvalue weighted by atomic mass is 10.0. The summed E-state index contributed by atoms with van der Waals surface area (Å²) in [5.74, 6) is 0.308. The maximum atomic E-state index is 12.7. The number of rotatable bonds is 9. The fourth-order valence-corrected chi connectivity index (χ4v) is 3.72. The number of aromatic nitrogens is 2. The van der Waals surface area contributed by atoms with Crippen molar-refractivity contribution in [3.8, 4) is 11.5 Å². The molecule has 0 spiro atoms. The predicted octanol–water partition coefficient (Wildman–Crippen LogP) is 4.75. The van der Waals surface area contributed by atoms with Crippen LogP contribution in [0.4, 0.5) is 5.69 Å². The van der Waals surface area contributed by atoms with Crippen LogP contribution in [0.2, 0.25) is 0 Å². The fourth-order valence-electron chi connectivity index (χ4n) is 3.72. The van der Waals surface area contributed by atoms with Gasteiger partial charge in [-0.15, -0.1) is 0 Å². The van der Waals surface area contributed by atoms with E-state index < -0.39 is 0 Å². The minimum absolute atomic E-state index is 0.103. The topological polar surface area (TPSA) is 114 Å². The Kier molecular flexibility index (Phi) is 7.65. The molecular weight excluding hydrogens is 456 g/mol. The lowest BCUT2D eigenvalue weighted by Crippen LogP contribution is -2.25. The lowest BCUT2D eigenvalue weighted by molar-refractivity contribution is -0.116. The molecule has 0 atom stereocenters. The van der Waals surface area contributed by atoms with E-state index in [0.717, 1.165) is 5.56 Å². The summed E-state index contributed by atoms with van der Waals surface area (Å²) in [5.41, 5.74) is 3.59. The highest BCUT2D eigenvalue weighted by Gasteiger charge is 2.16. The summed E-state index contributed by atoms with van der Waals surface area (Å²) in [5, 5.41) is 5.71. The Bertz CT molecular complexity index is 1400. The molecule has 0 aliphatic rings. The van der Waals surface area contributed by atoms with E-state index in [0.29, 0.717) is 52.6 Å². The first-order chi connectivity index (χ1) is 17.4. The maximum absolute atomic E-state index is 12.7. The number of hydrogen-bond acceptors (Lipinski definition) is 6. The second-order valence-electron chi connectivity index (χ2n) is 8.30. The van der Waals surface area contributed by atoms with Gasteiger partial charge in [-0.3, -0.25) is 19.4 Å². The fraction of sp³-hybridized carbons (Fsp3) is 0.179. The molecule has 0 fully saturated rings. The van der Waals surface area contributed by atoms with Crippen molar-refractivity contribution in [1.82, 2.24) is 15.3 Å². The van der Waals surface area contributed by atoms with Crippen molar-refractivity contribution in [2.24, 2.45) is 0 Å². The monoisotopic (exact) mass is 482 g/mol. The second kappa shape index (κ2) is 11.2. The summed E-state index contributed by atoms with van der Waals surface area (Å²) in [6, 6.07) is 17.7. The smallest absolute Gasteiger partial charge is 0.252 e. The predicted molar refractivity (Wildman–Crippen MR) is 135 cm³/mol. The third-order valence-electron chi connectivity index (χ3n) is 5.62. The molecule has 0 bridgehead atoms. The number of carbonyl (C=O) groups excluding carboxylic acids is 3. The number of nitrogens with zero attached hydrogens (tertiary/aromatic N) is 2. The minimum Gasteiger partial charge on any atom is -0.441 e. The molecule has 36 heavy (non-hydrogen) atoms. The van der Waals surface area contributed by atoms with Crippen molar-refractivity contribution in [2.45, 2.75) is 33.2 Å². The molecule has 2 N–H and O–H groups in total. The van der Waals surface area contributed by atoms with E-state index in [2.05, 4.69) is 20.6 Å². The zero-order valence-corrected chi connectivity index (χ0v) is 20.1. The number of carbonyl (C=O) groups is 3. The molecule has 0 radical (unpaired) electrons. The average Bonchev–Trinajstić information content (AvgIpc) is 3.27. The normalized spacial score (nSPS) is 10.6. The van der Waals surface area contributed by atoms with Gasteiger partial charge in [-0.25, -0.2) is 4.98 Å². The van der Waals surface area contributed by atoms with Crippen LogP contribution in [-0.4, -0.2) is 27.6 Å². The molecule has 0 saturated carbocycles. The zero-order chi connectivity index (χ0) is 25.5. The molecule has 0 saturated heterocycles. The highest BCUT2D eigenvalue weighted by Crippen LogP contribution is 2.25. The molecule has 0 aliphatic heterocycles. The average molecular weight is 483 g/mol. The van der Waals surface area contributed by atoms with Crippen molar-refractivity contribution < 1.29 is 18.8 Å². The van der Waals surface area contributed by atoms with Crippen LogP contribution in [-0.2, 0) is 17.8 Å². The van der Waals surface area contributed by atoms with E-state index in [1.807, 2.05) is 24.3 Å². The van der Waals surface area contributed by atoms with Crippen LogP contribution in [0.3, 0.4) is 0 Å². The molecule has 2 aromatic carbocycles. The molecule has 2 aromatic heterocycles. The summed E-state index contributed by atoms with van der Waals surface area (Å²) in [6.07, 6.45) is 4.39. The summed E-state index contributed by atoms with van der Waals surface area (Å²) in [4.78, 5) is 45.5. The Morgan fingerprint density at radius 3 is 2.53 bits per heavy atom. The van der Waals surface area contributed by atoms with Crippen molar-refractivity contribution in [3.05, 3.63) is 101 Å². The number of Topliss-reactive ketones (excluding diaryl/α,β-unsaturated/α-hetero) is 1. The van der Waals surface area contributed by atoms with Crippen molar-refractivity contribution >= 4 is 23.3 Å². The lowest BCUT2D eigenvalue weighted by Gasteiger charge is -2.07. The molecule has 182 valence electrons. The molecule has 0 aliphatic carbocycles. The van der Waals surface area contributed by atoms with Gasteiger partial charge < -0.3 is 15.1 Å². The molecule has 4 aromatic rings. The van der Waals surface area contributed by atoms with E-state index in [9.17, 15) is 14.4 Å². The molecule has 8 heteroatoms. The van der Waals surface area contributed by atoms with Gasteiger partial charge in [0.1, 0.15) is 11.5 Å². The largest absolute Gasteiger partial charge is 0.441 e. The number of amides is 2. The minimum atomic E-state index is -0.360. The van der Waals surface area contributed by atoms with Gasteiger partial charge in [0.05, 0.1) is 12.1 Å². The Balaban J connectivity index is 1.40. The number of nitrogens with one attached hydrogen (secondary N) is 2. The number of oxazole rings is 1. The highest BCUT2D eigenvalue weighted by atomic mass is 16.4. The van der Waals surface area contributed by atoms with Gasteiger partial charge in [-0.05, 0) is 56.2 Å². The number of pyridine rings is 1. The van der Waals surface area contributed by atoms with E-state index in [1.165, 1.54) is 6.92 Å². The summed E-state index contributed by atoms with van der Waals surface area (Å²) < 4.78 is 5.83. The third kappa shape index (κ3) is 6.09. The number of benzene rings is 2. The van der Waals surface area contributed by atoms with Crippen molar-refractivity contribution in [2.75, 3.05) is 5.32 Å². The first-order valence-electron chi connectivity index (χ1n) is 11.5. The summed E-state index contributed by atoms with van der Waals surface area (Å²) in [7, 11) is 0. The molecule has 4 rings (SSSR count). The molecule has 0 unspecified atom stereocenters.